The summed E-state index contributed by atoms with van der Waals surface area (Å²) in [4.78, 5) is 35.3. The van der Waals surface area contributed by atoms with E-state index in [9.17, 15) is 14.4 Å². The molecule has 0 heterocycles. The predicted molar refractivity (Wildman–Crippen MR) is 98.6 cm³/mol. The number of carbonyl (C=O) groups excluding carboxylic acids is 3. The van der Waals surface area contributed by atoms with E-state index < -0.39 is 18.0 Å². The molecule has 132 valence electrons. The maximum absolute atomic E-state index is 11.9. The Hall–Kier alpha value is -1.67. The van der Waals surface area contributed by atoms with Crippen LogP contribution >= 0.6 is 23.5 Å². The lowest BCUT2D eigenvalue weighted by atomic mass is 10.2. The highest BCUT2D eigenvalue weighted by Crippen LogP contribution is 2.11. The Kier molecular flexibility index (Phi) is 10.0. The third-order valence-corrected chi connectivity index (χ3v) is 4.58. The molecule has 1 atom stereocenters. The number of amides is 2. The quantitative estimate of drug-likeness (QED) is 0.512. The normalized spacial score (nSPS) is 11.4. The fraction of sp³-hybridized carbons (Fsp3) is 0.438. The van der Waals surface area contributed by atoms with Gasteiger partial charge in [0, 0.05) is 17.9 Å². The maximum Gasteiger partial charge on any atom is 0.328 e. The van der Waals surface area contributed by atoms with Crippen LogP contribution in [0.2, 0.25) is 0 Å². The van der Waals surface area contributed by atoms with Crippen molar-refractivity contribution in [2.24, 2.45) is 0 Å². The highest BCUT2D eigenvalue weighted by atomic mass is 32.2. The van der Waals surface area contributed by atoms with Crippen LogP contribution in [0.3, 0.4) is 0 Å². The van der Waals surface area contributed by atoms with Crippen LogP contribution in [-0.2, 0) is 9.53 Å². The molecule has 0 aliphatic carbocycles. The molecule has 1 unspecified atom stereocenters. The predicted octanol–water partition coefficient (Wildman–Crippen LogP) is 2.15. The van der Waals surface area contributed by atoms with Gasteiger partial charge in [0.05, 0.1) is 7.11 Å². The fourth-order valence-electron chi connectivity index (χ4n) is 1.80. The Morgan fingerprint density at radius 1 is 1.17 bits per heavy atom. The van der Waals surface area contributed by atoms with Crippen molar-refractivity contribution in [2.45, 2.75) is 12.5 Å². The fourth-order valence-corrected chi connectivity index (χ4v) is 2.97. The topological polar surface area (TPSA) is 84.5 Å². The van der Waals surface area contributed by atoms with E-state index in [0.717, 1.165) is 17.5 Å². The van der Waals surface area contributed by atoms with E-state index in [0.29, 0.717) is 24.3 Å². The number of hydrogen-bond donors (Lipinski definition) is 2. The summed E-state index contributed by atoms with van der Waals surface area (Å²) in [6.45, 7) is 0.325. The molecule has 0 spiro atoms. The number of benzene rings is 1. The van der Waals surface area contributed by atoms with Crippen LogP contribution in [0.4, 0.5) is 4.79 Å². The monoisotopic (exact) mass is 370 g/mol. The number of esters is 1. The average molecular weight is 370 g/mol. The molecule has 6 nitrogen and oxygen atoms in total. The number of ether oxygens (including phenoxy) is 1. The lowest BCUT2D eigenvalue weighted by Gasteiger charge is -2.16. The molecule has 1 aromatic rings. The zero-order chi connectivity index (χ0) is 17.8. The molecule has 0 aromatic heterocycles. The lowest BCUT2D eigenvalue weighted by Crippen LogP contribution is -2.47. The Balaban J connectivity index is 2.29. The van der Waals surface area contributed by atoms with Gasteiger partial charge in [0.25, 0.3) is 0 Å². The SMILES string of the molecule is COC(=O)C(CCSC)NC(=O)NCCSC(=O)c1ccccc1. The van der Waals surface area contributed by atoms with Gasteiger partial charge in [0.1, 0.15) is 6.04 Å². The van der Waals surface area contributed by atoms with Crippen LogP contribution in [0, 0.1) is 0 Å². The molecule has 1 rings (SSSR count). The second-order valence-corrected chi connectivity index (χ2v) is 6.81. The van der Waals surface area contributed by atoms with Crippen molar-refractivity contribution in [1.82, 2.24) is 10.6 Å². The molecule has 0 bridgehead atoms. The molecule has 8 heteroatoms. The number of urea groups is 1. The van der Waals surface area contributed by atoms with Crippen molar-refractivity contribution in [3.8, 4) is 0 Å². The van der Waals surface area contributed by atoms with Crippen LogP contribution in [-0.4, -0.2) is 54.6 Å². The van der Waals surface area contributed by atoms with Crippen molar-refractivity contribution in [1.29, 1.82) is 0 Å². The molecule has 0 aliphatic rings. The molecule has 0 radical (unpaired) electrons. The number of carbonyl (C=O) groups is 3. The summed E-state index contributed by atoms with van der Waals surface area (Å²) in [5.74, 6) is 0.726. The Bertz CT molecular complexity index is 540. The molecule has 24 heavy (non-hydrogen) atoms. The van der Waals surface area contributed by atoms with Crippen molar-refractivity contribution in [2.75, 3.05) is 31.4 Å². The van der Waals surface area contributed by atoms with Gasteiger partial charge in [-0.05, 0) is 18.4 Å². The van der Waals surface area contributed by atoms with E-state index in [1.54, 1.807) is 36.0 Å². The summed E-state index contributed by atoms with van der Waals surface area (Å²) in [5.41, 5.74) is 0.634. The Morgan fingerprint density at radius 3 is 2.50 bits per heavy atom. The van der Waals surface area contributed by atoms with Crippen molar-refractivity contribution in [3.05, 3.63) is 35.9 Å². The van der Waals surface area contributed by atoms with Gasteiger partial charge in [0.2, 0.25) is 5.12 Å². The third kappa shape index (κ3) is 7.74. The molecule has 0 saturated heterocycles. The van der Waals surface area contributed by atoms with Gasteiger partial charge in [-0.25, -0.2) is 9.59 Å². The smallest absolute Gasteiger partial charge is 0.328 e. The van der Waals surface area contributed by atoms with Gasteiger partial charge in [-0.1, -0.05) is 42.1 Å². The molecular weight excluding hydrogens is 348 g/mol. The van der Waals surface area contributed by atoms with Gasteiger partial charge in [0.15, 0.2) is 0 Å². The Labute approximate surface area is 150 Å². The highest BCUT2D eigenvalue weighted by molar-refractivity contribution is 8.14. The summed E-state index contributed by atoms with van der Waals surface area (Å²) in [6, 6.07) is 7.86. The molecular formula is C16H22N2O4S2. The van der Waals surface area contributed by atoms with E-state index in [1.165, 1.54) is 7.11 Å². The van der Waals surface area contributed by atoms with Crippen molar-refractivity contribution < 1.29 is 19.1 Å². The van der Waals surface area contributed by atoms with Crippen LogP contribution < -0.4 is 10.6 Å². The second-order valence-electron chi connectivity index (χ2n) is 4.76. The summed E-state index contributed by atoms with van der Waals surface area (Å²) >= 11 is 2.73. The number of hydrogen-bond acceptors (Lipinski definition) is 6. The van der Waals surface area contributed by atoms with Gasteiger partial charge >= 0.3 is 12.0 Å². The number of nitrogens with one attached hydrogen (secondary N) is 2. The molecule has 2 N–H and O–H groups in total. The van der Waals surface area contributed by atoms with E-state index >= 15 is 0 Å². The summed E-state index contributed by atoms with van der Waals surface area (Å²) in [5, 5.41) is 5.19. The molecule has 0 fully saturated rings. The van der Waals surface area contributed by atoms with E-state index in [2.05, 4.69) is 15.4 Å². The third-order valence-electron chi connectivity index (χ3n) is 3.03. The zero-order valence-electron chi connectivity index (χ0n) is 13.7. The molecule has 2 amide bonds. The first-order valence-electron chi connectivity index (χ1n) is 7.41. The minimum Gasteiger partial charge on any atom is -0.467 e. The van der Waals surface area contributed by atoms with Crippen LogP contribution in [0.25, 0.3) is 0 Å². The Morgan fingerprint density at radius 2 is 1.88 bits per heavy atom. The van der Waals surface area contributed by atoms with Gasteiger partial charge in [-0.3, -0.25) is 4.79 Å². The zero-order valence-corrected chi connectivity index (χ0v) is 15.4. The number of thioether (sulfide) groups is 2. The first kappa shape index (κ1) is 20.4. The van der Waals surface area contributed by atoms with Crippen LogP contribution in [0.1, 0.15) is 16.8 Å². The van der Waals surface area contributed by atoms with Gasteiger partial charge in [-0.2, -0.15) is 11.8 Å². The first-order valence-corrected chi connectivity index (χ1v) is 9.79. The molecule has 0 aliphatic heterocycles. The van der Waals surface area contributed by atoms with Crippen LogP contribution in [0.5, 0.6) is 0 Å². The summed E-state index contributed by atoms with van der Waals surface area (Å²) in [6.07, 6.45) is 2.43. The second kappa shape index (κ2) is 11.8. The minimum absolute atomic E-state index is 0.0368. The maximum atomic E-state index is 11.9. The summed E-state index contributed by atoms with van der Waals surface area (Å²) < 4.78 is 4.68. The minimum atomic E-state index is -0.666. The molecule has 0 saturated carbocycles. The number of rotatable bonds is 9. The highest BCUT2D eigenvalue weighted by Gasteiger charge is 2.20. The number of methoxy groups -OCH3 is 1. The first-order chi connectivity index (χ1) is 11.6. The molecule has 1 aromatic carbocycles. The van der Waals surface area contributed by atoms with E-state index in [1.807, 2.05) is 12.3 Å². The van der Waals surface area contributed by atoms with Crippen molar-refractivity contribution in [3.63, 3.8) is 0 Å². The van der Waals surface area contributed by atoms with E-state index in [-0.39, 0.29) is 5.12 Å². The standard InChI is InChI=1S/C16H22N2O4S2/c1-22-14(19)13(8-10-23-2)18-16(21)17-9-11-24-15(20)12-6-4-3-5-7-12/h3-7,13H,8-11H2,1-2H3,(H2,17,18,21). The lowest BCUT2D eigenvalue weighted by molar-refractivity contribution is -0.142. The van der Waals surface area contributed by atoms with Crippen LogP contribution in [0.15, 0.2) is 30.3 Å². The van der Waals surface area contributed by atoms with Crippen molar-refractivity contribution >= 4 is 40.6 Å². The summed E-state index contributed by atoms with van der Waals surface area (Å²) in [7, 11) is 1.29. The van der Waals surface area contributed by atoms with E-state index in [4.69, 9.17) is 0 Å². The van der Waals surface area contributed by atoms with Gasteiger partial charge in [-0.15, -0.1) is 0 Å². The largest absolute Gasteiger partial charge is 0.467 e. The van der Waals surface area contributed by atoms with Gasteiger partial charge < -0.3 is 15.4 Å². The average Bonchev–Trinajstić information content (AvgIpc) is 2.62.